The smallest absolute Gasteiger partial charge is 0.210 e. The minimum Gasteiger partial charge on any atom is -0.507 e. The van der Waals surface area contributed by atoms with Gasteiger partial charge in [0, 0.05) is 5.56 Å². The zero-order valence-electron chi connectivity index (χ0n) is 7.25. The van der Waals surface area contributed by atoms with Crippen LogP contribution in [0.2, 0.25) is 0 Å². The fourth-order valence-electron chi connectivity index (χ4n) is 1.40. The summed E-state index contributed by atoms with van der Waals surface area (Å²) in [6.07, 6.45) is 0. The van der Waals surface area contributed by atoms with Crippen molar-refractivity contribution < 1.29 is 14.7 Å². The summed E-state index contributed by atoms with van der Waals surface area (Å²) in [7, 11) is 0. The van der Waals surface area contributed by atoms with Gasteiger partial charge in [0.2, 0.25) is 11.6 Å². The first kappa shape index (κ1) is 10.2. The molecule has 0 amide bonds. The van der Waals surface area contributed by atoms with Gasteiger partial charge in [0.1, 0.15) is 15.8 Å². The minimum absolute atomic E-state index is 0.0781. The van der Waals surface area contributed by atoms with Gasteiger partial charge in [-0.05, 0) is 12.1 Å². The molecule has 1 aliphatic rings. The molecule has 1 aromatic carbocycles. The van der Waals surface area contributed by atoms with E-state index in [4.69, 9.17) is 23.2 Å². The Hall–Kier alpha value is -1.32. The lowest BCUT2D eigenvalue weighted by molar-refractivity contribution is 0.0984. The van der Waals surface area contributed by atoms with Crippen LogP contribution in [0.4, 0.5) is 0 Å². The molecule has 1 aliphatic carbocycles. The summed E-state index contributed by atoms with van der Waals surface area (Å²) in [6.45, 7) is 0. The van der Waals surface area contributed by atoms with Crippen molar-refractivity contribution in [2.24, 2.45) is 0 Å². The van der Waals surface area contributed by atoms with Crippen LogP contribution in [0.1, 0.15) is 20.7 Å². The molecule has 0 bridgehead atoms. The van der Waals surface area contributed by atoms with E-state index < -0.39 is 11.6 Å². The highest BCUT2D eigenvalue weighted by atomic mass is 35.5. The number of aromatic hydroxyl groups is 1. The predicted molar refractivity (Wildman–Crippen MR) is 55.5 cm³/mol. The SMILES string of the molecule is O=C1C(Cl)=C(Cl)C(=O)c2c(O)cccc21. The Morgan fingerprint density at radius 1 is 1.00 bits per heavy atom. The van der Waals surface area contributed by atoms with Crippen LogP contribution in [-0.4, -0.2) is 16.7 Å². The number of halogens is 2. The Labute approximate surface area is 94.9 Å². The third-order valence-corrected chi connectivity index (χ3v) is 2.92. The summed E-state index contributed by atoms with van der Waals surface area (Å²) in [4.78, 5) is 23.2. The van der Waals surface area contributed by atoms with Gasteiger partial charge in [-0.2, -0.15) is 0 Å². The summed E-state index contributed by atoms with van der Waals surface area (Å²) in [5.41, 5.74) is -0.00806. The molecule has 5 heteroatoms. The number of hydrogen-bond acceptors (Lipinski definition) is 3. The molecule has 1 N–H and O–H groups in total. The molecular formula is C10H4Cl2O3. The maximum Gasteiger partial charge on any atom is 0.210 e. The monoisotopic (exact) mass is 242 g/mol. The second kappa shape index (κ2) is 3.36. The van der Waals surface area contributed by atoms with E-state index in [1.807, 2.05) is 0 Å². The summed E-state index contributed by atoms with van der Waals surface area (Å²) in [5, 5.41) is 8.79. The van der Waals surface area contributed by atoms with Crippen molar-refractivity contribution in [3.63, 3.8) is 0 Å². The molecule has 0 saturated heterocycles. The van der Waals surface area contributed by atoms with Crippen LogP contribution < -0.4 is 0 Å². The maximum atomic E-state index is 11.6. The van der Waals surface area contributed by atoms with Crippen LogP contribution in [-0.2, 0) is 0 Å². The molecule has 1 aromatic rings. The number of fused-ring (bicyclic) bond motifs is 1. The normalized spacial score (nSPS) is 15.6. The predicted octanol–water partition coefficient (Wildman–Crippen LogP) is 2.46. The molecule has 0 spiro atoms. The second-order valence-corrected chi connectivity index (χ2v) is 3.74. The average Bonchev–Trinajstić information content (AvgIpc) is 2.23. The summed E-state index contributed by atoms with van der Waals surface area (Å²) >= 11 is 11.2. The van der Waals surface area contributed by atoms with E-state index in [9.17, 15) is 14.7 Å². The summed E-state index contributed by atoms with van der Waals surface area (Å²) < 4.78 is 0. The Bertz CT molecular complexity index is 517. The van der Waals surface area contributed by atoms with Crippen molar-refractivity contribution in [2.75, 3.05) is 0 Å². The first-order valence-corrected chi connectivity index (χ1v) is 4.76. The molecule has 0 heterocycles. The Morgan fingerprint density at radius 3 is 2.27 bits per heavy atom. The van der Waals surface area contributed by atoms with Gasteiger partial charge in [-0.25, -0.2) is 0 Å². The molecule has 3 nitrogen and oxygen atoms in total. The Morgan fingerprint density at radius 2 is 1.60 bits per heavy atom. The van der Waals surface area contributed by atoms with E-state index in [1.165, 1.54) is 18.2 Å². The van der Waals surface area contributed by atoms with Crippen molar-refractivity contribution in [1.29, 1.82) is 0 Å². The van der Waals surface area contributed by atoms with Crippen LogP contribution in [0.15, 0.2) is 28.3 Å². The molecule has 76 valence electrons. The second-order valence-electron chi connectivity index (χ2n) is 2.99. The number of allylic oxidation sites excluding steroid dienone is 2. The third kappa shape index (κ3) is 1.35. The van der Waals surface area contributed by atoms with Crippen molar-refractivity contribution in [1.82, 2.24) is 0 Å². The highest BCUT2D eigenvalue weighted by molar-refractivity contribution is 6.59. The molecule has 2 rings (SSSR count). The van der Waals surface area contributed by atoms with Crippen molar-refractivity contribution >= 4 is 34.8 Å². The average molecular weight is 243 g/mol. The molecule has 0 atom stereocenters. The van der Waals surface area contributed by atoms with Gasteiger partial charge in [0.05, 0.1) is 5.56 Å². The van der Waals surface area contributed by atoms with Crippen molar-refractivity contribution in [3.05, 3.63) is 39.4 Å². The van der Waals surface area contributed by atoms with Crippen LogP contribution in [0.3, 0.4) is 0 Å². The highest BCUT2D eigenvalue weighted by Gasteiger charge is 2.32. The van der Waals surface area contributed by atoms with E-state index in [0.717, 1.165) is 0 Å². The highest BCUT2D eigenvalue weighted by Crippen LogP contribution is 2.34. The van der Waals surface area contributed by atoms with Gasteiger partial charge < -0.3 is 5.11 Å². The first-order valence-electron chi connectivity index (χ1n) is 4.00. The van der Waals surface area contributed by atoms with E-state index in [2.05, 4.69) is 0 Å². The maximum absolute atomic E-state index is 11.6. The van der Waals surface area contributed by atoms with Crippen molar-refractivity contribution in [2.45, 2.75) is 0 Å². The minimum atomic E-state index is -0.630. The van der Waals surface area contributed by atoms with Crippen LogP contribution in [0.25, 0.3) is 0 Å². The number of carbonyl (C=O) groups excluding carboxylic acids is 2. The van der Waals surface area contributed by atoms with Gasteiger partial charge in [0.15, 0.2) is 0 Å². The number of carbonyl (C=O) groups is 2. The molecule has 0 saturated carbocycles. The zero-order chi connectivity index (χ0) is 11.2. The zero-order valence-corrected chi connectivity index (χ0v) is 8.76. The Kier molecular flexibility index (Phi) is 2.29. The van der Waals surface area contributed by atoms with E-state index in [-0.39, 0.29) is 26.9 Å². The number of benzene rings is 1. The van der Waals surface area contributed by atoms with Crippen LogP contribution >= 0.6 is 23.2 Å². The molecule has 0 radical (unpaired) electrons. The number of phenolic OH excluding ortho intramolecular Hbond substituents is 1. The van der Waals surface area contributed by atoms with Crippen molar-refractivity contribution in [3.8, 4) is 5.75 Å². The molecule has 0 fully saturated rings. The van der Waals surface area contributed by atoms with E-state index in [0.29, 0.717) is 0 Å². The molecule has 15 heavy (non-hydrogen) atoms. The fourth-order valence-corrected chi connectivity index (χ4v) is 1.76. The van der Waals surface area contributed by atoms with Gasteiger partial charge >= 0.3 is 0 Å². The molecule has 0 aromatic heterocycles. The topological polar surface area (TPSA) is 54.4 Å². The fraction of sp³-hybridized carbons (Fsp3) is 0. The molecular weight excluding hydrogens is 239 g/mol. The Balaban J connectivity index is 2.79. The van der Waals surface area contributed by atoms with Crippen LogP contribution in [0.5, 0.6) is 5.75 Å². The van der Waals surface area contributed by atoms with Gasteiger partial charge in [-0.1, -0.05) is 29.3 Å². The van der Waals surface area contributed by atoms with Gasteiger partial charge in [-0.15, -0.1) is 0 Å². The summed E-state index contributed by atoms with van der Waals surface area (Å²) in [6, 6.07) is 4.19. The number of hydrogen-bond donors (Lipinski definition) is 1. The first-order chi connectivity index (χ1) is 7.04. The number of phenols is 1. The lowest BCUT2D eigenvalue weighted by Crippen LogP contribution is -2.17. The molecule has 0 unspecified atom stereocenters. The lowest BCUT2D eigenvalue weighted by Gasteiger charge is -2.14. The number of ketones is 2. The third-order valence-electron chi connectivity index (χ3n) is 2.11. The molecule has 0 aliphatic heterocycles. The summed E-state index contributed by atoms with van der Waals surface area (Å²) in [5.74, 6) is -1.45. The largest absolute Gasteiger partial charge is 0.507 e. The lowest BCUT2D eigenvalue weighted by atomic mass is 9.94. The van der Waals surface area contributed by atoms with Gasteiger partial charge in [0.25, 0.3) is 0 Å². The number of Topliss-reactive ketones (excluding diaryl/α,β-unsaturated/α-hetero) is 2. The number of rotatable bonds is 0. The van der Waals surface area contributed by atoms with Gasteiger partial charge in [-0.3, -0.25) is 9.59 Å². The standard InChI is InChI=1S/C10H4Cl2O3/c11-7-8(12)10(15)6-4(9(7)14)2-1-3-5(6)13/h1-3,13H. The van der Waals surface area contributed by atoms with Crippen LogP contribution in [0, 0.1) is 0 Å². The van der Waals surface area contributed by atoms with E-state index >= 15 is 0 Å². The van der Waals surface area contributed by atoms with E-state index in [1.54, 1.807) is 0 Å². The quantitative estimate of drug-likeness (QED) is 0.761.